The number of benzene rings is 1. The number of thiophene rings is 1. The molecule has 0 amide bonds. The van der Waals surface area contributed by atoms with Crippen molar-refractivity contribution < 1.29 is 9.13 Å². The first-order chi connectivity index (χ1) is 10.2. The molecule has 112 valence electrons. The van der Waals surface area contributed by atoms with Crippen LogP contribution in [0.25, 0.3) is 0 Å². The maximum atomic E-state index is 13.9. The molecule has 0 saturated carbocycles. The number of halogens is 1. The van der Waals surface area contributed by atoms with E-state index in [1.165, 1.54) is 15.8 Å². The van der Waals surface area contributed by atoms with Crippen molar-refractivity contribution in [2.75, 3.05) is 11.9 Å². The summed E-state index contributed by atoms with van der Waals surface area (Å²) in [7, 11) is 0. The lowest BCUT2D eigenvalue weighted by Crippen LogP contribution is -2.19. The molecule has 0 fully saturated rings. The van der Waals surface area contributed by atoms with E-state index in [9.17, 15) is 4.39 Å². The molecule has 1 aromatic heterocycles. The maximum Gasteiger partial charge on any atom is 0.167 e. The molecule has 1 aliphatic rings. The third-order valence-electron chi connectivity index (χ3n) is 3.48. The van der Waals surface area contributed by atoms with E-state index in [4.69, 9.17) is 4.74 Å². The highest BCUT2D eigenvalue weighted by Crippen LogP contribution is 2.45. The van der Waals surface area contributed by atoms with E-state index in [1.807, 2.05) is 24.8 Å². The zero-order chi connectivity index (χ0) is 14.8. The van der Waals surface area contributed by atoms with Gasteiger partial charge in [-0.3, -0.25) is 0 Å². The van der Waals surface area contributed by atoms with Gasteiger partial charge in [-0.25, -0.2) is 4.39 Å². The molecule has 1 aromatic carbocycles. The SMILES string of the molecule is CCOc1ccc(NC2C[C@H](C)Sc3sccc32)cc1F. The molecule has 0 saturated heterocycles. The van der Waals surface area contributed by atoms with E-state index >= 15 is 0 Å². The van der Waals surface area contributed by atoms with Crippen molar-refractivity contribution in [3.05, 3.63) is 41.0 Å². The summed E-state index contributed by atoms with van der Waals surface area (Å²) in [4.78, 5) is 0. The van der Waals surface area contributed by atoms with Gasteiger partial charge in [0.2, 0.25) is 0 Å². The van der Waals surface area contributed by atoms with Gasteiger partial charge in [0.1, 0.15) is 0 Å². The molecular formula is C16H18FNOS2. The van der Waals surface area contributed by atoms with Gasteiger partial charge in [0, 0.05) is 17.0 Å². The largest absolute Gasteiger partial charge is 0.491 e. The first kappa shape index (κ1) is 14.7. The molecule has 0 aliphatic carbocycles. The molecule has 3 rings (SSSR count). The van der Waals surface area contributed by atoms with Crippen LogP contribution < -0.4 is 10.1 Å². The Kier molecular flexibility index (Phi) is 4.40. The first-order valence-corrected chi connectivity index (χ1v) is 8.86. The predicted molar refractivity (Wildman–Crippen MR) is 88.2 cm³/mol. The van der Waals surface area contributed by atoms with Crippen molar-refractivity contribution in [2.24, 2.45) is 0 Å². The number of hydrogen-bond donors (Lipinski definition) is 1. The third-order valence-corrected chi connectivity index (χ3v) is 5.83. The van der Waals surface area contributed by atoms with Crippen LogP contribution in [0.5, 0.6) is 5.75 Å². The number of hydrogen-bond acceptors (Lipinski definition) is 4. The lowest BCUT2D eigenvalue weighted by atomic mass is 10.0. The van der Waals surface area contributed by atoms with Gasteiger partial charge in [-0.1, -0.05) is 6.92 Å². The van der Waals surface area contributed by atoms with Crippen LogP contribution in [0.3, 0.4) is 0 Å². The number of anilines is 1. The van der Waals surface area contributed by atoms with Crippen LogP contribution in [0.1, 0.15) is 31.9 Å². The molecule has 0 radical (unpaired) electrons. The quantitative estimate of drug-likeness (QED) is 0.822. The highest BCUT2D eigenvalue weighted by Gasteiger charge is 2.26. The second-order valence-corrected chi connectivity index (χ2v) is 7.73. The predicted octanol–water partition coefficient (Wildman–Crippen LogP) is 5.32. The van der Waals surface area contributed by atoms with Gasteiger partial charge >= 0.3 is 0 Å². The number of ether oxygens (including phenoxy) is 1. The molecule has 1 unspecified atom stereocenters. The summed E-state index contributed by atoms with van der Waals surface area (Å²) < 4.78 is 20.5. The molecule has 0 spiro atoms. The third kappa shape index (κ3) is 3.19. The van der Waals surface area contributed by atoms with Gasteiger partial charge in [0.15, 0.2) is 11.6 Å². The summed E-state index contributed by atoms with van der Waals surface area (Å²) >= 11 is 3.71. The van der Waals surface area contributed by atoms with E-state index in [-0.39, 0.29) is 11.9 Å². The lowest BCUT2D eigenvalue weighted by Gasteiger charge is -2.28. The molecule has 21 heavy (non-hydrogen) atoms. The minimum atomic E-state index is -0.314. The summed E-state index contributed by atoms with van der Waals surface area (Å²) in [5, 5.41) is 6.16. The summed E-state index contributed by atoms with van der Waals surface area (Å²) in [5.74, 6) is -0.00235. The molecule has 1 aliphatic heterocycles. The molecule has 1 N–H and O–H groups in total. The summed E-state index contributed by atoms with van der Waals surface area (Å²) in [6, 6.07) is 7.51. The molecule has 2 heterocycles. The Balaban J connectivity index is 1.80. The van der Waals surface area contributed by atoms with E-state index in [1.54, 1.807) is 17.4 Å². The minimum absolute atomic E-state index is 0.250. The average molecular weight is 323 g/mol. The Morgan fingerprint density at radius 2 is 2.24 bits per heavy atom. The molecule has 2 nitrogen and oxygen atoms in total. The fourth-order valence-corrected chi connectivity index (χ4v) is 5.12. The van der Waals surface area contributed by atoms with Crippen molar-refractivity contribution in [1.29, 1.82) is 0 Å². The number of fused-ring (bicyclic) bond motifs is 1. The maximum absolute atomic E-state index is 13.9. The van der Waals surface area contributed by atoms with E-state index in [0.29, 0.717) is 17.6 Å². The second-order valence-electron chi connectivity index (χ2n) is 5.10. The average Bonchev–Trinajstić information content (AvgIpc) is 2.90. The minimum Gasteiger partial charge on any atom is -0.491 e. The fraction of sp³-hybridized carbons (Fsp3) is 0.375. The Bertz CT molecular complexity index is 628. The second kappa shape index (κ2) is 6.28. The van der Waals surface area contributed by atoms with Crippen molar-refractivity contribution in [3.63, 3.8) is 0 Å². The van der Waals surface area contributed by atoms with Gasteiger partial charge < -0.3 is 10.1 Å². The van der Waals surface area contributed by atoms with Crippen molar-refractivity contribution >= 4 is 28.8 Å². The number of nitrogens with one attached hydrogen (secondary N) is 1. The highest BCUT2D eigenvalue weighted by molar-refractivity contribution is 8.01. The van der Waals surface area contributed by atoms with Crippen LogP contribution in [0.2, 0.25) is 0 Å². The molecule has 5 heteroatoms. The van der Waals surface area contributed by atoms with Gasteiger partial charge in [0.05, 0.1) is 16.9 Å². The standard InChI is InChI=1S/C16H18FNOS2/c1-3-19-15-5-4-11(9-13(15)17)18-14-8-10(2)21-16-12(14)6-7-20-16/h4-7,9-10,14,18H,3,8H2,1-2H3/t10-,14?/m0/s1. The van der Waals surface area contributed by atoms with Gasteiger partial charge in [-0.15, -0.1) is 23.1 Å². The van der Waals surface area contributed by atoms with Gasteiger partial charge in [0.25, 0.3) is 0 Å². The summed E-state index contributed by atoms with van der Waals surface area (Å²) in [5.41, 5.74) is 2.13. The monoisotopic (exact) mass is 323 g/mol. The Hall–Kier alpha value is -1.20. The van der Waals surface area contributed by atoms with Crippen molar-refractivity contribution in [3.8, 4) is 5.75 Å². The Morgan fingerprint density at radius 1 is 1.38 bits per heavy atom. The van der Waals surface area contributed by atoms with E-state index in [2.05, 4.69) is 23.7 Å². The number of thioether (sulfide) groups is 1. The van der Waals surface area contributed by atoms with E-state index < -0.39 is 0 Å². The summed E-state index contributed by atoms with van der Waals surface area (Å²) in [6.07, 6.45) is 1.04. The van der Waals surface area contributed by atoms with Crippen LogP contribution in [0.4, 0.5) is 10.1 Å². The highest BCUT2D eigenvalue weighted by atomic mass is 32.2. The normalized spacial score (nSPS) is 20.9. The zero-order valence-corrected chi connectivity index (χ0v) is 13.7. The molecule has 2 atom stereocenters. The first-order valence-electron chi connectivity index (χ1n) is 7.10. The smallest absolute Gasteiger partial charge is 0.167 e. The van der Waals surface area contributed by atoms with Crippen LogP contribution in [-0.2, 0) is 0 Å². The zero-order valence-electron chi connectivity index (χ0n) is 12.1. The fourth-order valence-electron chi connectivity index (χ4n) is 2.55. The van der Waals surface area contributed by atoms with Gasteiger partial charge in [-0.2, -0.15) is 0 Å². The van der Waals surface area contributed by atoms with Crippen molar-refractivity contribution in [2.45, 2.75) is 35.8 Å². The Labute approximate surface area is 132 Å². The van der Waals surface area contributed by atoms with Crippen LogP contribution in [0.15, 0.2) is 33.9 Å². The van der Waals surface area contributed by atoms with Gasteiger partial charge in [-0.05, 0) is 42.5 Å². The van der Waals surface area contributed by atoms with Crippen LogP contribution >= 0.6 is 23.1 Å². The lowest BCUT2D eigenvalue weighted by molar-refractivity contribution is 0.321. The Morgan fingerprint density at radius 3 is 3.00 bits per heavy atom. The van der Waals surface area contributed by atoms with Crippen LogP contribution in [0, 0.1) is 5.82 Å². The molecule has 2 aromatic rings. The molecular weight excluding hydrogens is 305 g/mol. The summed E-state index contributed by atoms with van der Waals surface area (Å²) in [6.45, 7) is 4.56. The topological polar surface area (TPSA) is 21.3 Å². The number of rotatable bonds is 4. The molecule has 0 bridgehead atoms. The van der Waals surface area contributed by atoms with E-state index in [0.717, 1.165) is 12.1 Å². The van der Waals surface area contributed by atoms with Crippen molar-refractivity contribution in [1.82, 2.24) is 0 Å². The van der Waals surface area contributed by atoms with Crippen LogP contribution in [-0.4, -0.2) is 11.9 Å².